The lowest BCUT2D eigenvalue weighted by molar-refractivity contribution is 0.571. The predicted molar refractivity (Wildman–Crippen MR) is 116 cm³/mol. The first-order valence-electron chi connectivity index (χ1n) is 9.80. The van der Waals surface area contributed by atoms with Crippen LogP contribution in [0, 0.1) is 6.92 Å². The average Bonchev–Trinajstić information content (AvgIpc) is 2.75. The van der Waals surface area contributed by atoms with Gasteiger partial charge in [-0.05, 0) is 62.6 Å². The Morgan fingerprint density at radius 3 is 2.14 bits per heavy atom. The second-order valence-electron chi connectivity index (χ2n) is 7.32. The molecule has 1 fully saturated rings. The SMILES string of the molecule is Cc1ccc(S(=O)(=O)Nc2ccc(-c3ccc(N4CCCCC4)nn3)cc2)cc1. The number of sulfonamides is 1. The van der Waals surface area contributed by atoms with Gasteiger partial charge in [0.25, 0.3) is 10.0 Å². The predicted octanol–water partition coefficient (Wildman–Crippen LogP) is 4.24. The summed E-state index contributed by atoms with van der Waals surface area (Å²) >= 11 is 0. The molecule has 29 heavy (non-hydrogen) atoms. The maximum atomic E-state index is 12.5. The molecule has 1 aromatic heterocycles. The Morgan fingerprint density at radius 2 is 1.52 bits per heavy atom. The zero-order chi connectivity index (χ0) is 20.3. The first-order chi connectivity index (χ1) is 14.0. The van der Waals surface area contributed by atoms with Gasteiger partial charge in [0.05, 0.1) is 10.6 Å². The summed E-state index contributed by atoms with van der Waals surface area (Å²) in [5.41, 5.74) is 3.17. The standard InChI is InChI=1S/C22H24N4O2S/c1-17-5-11-20(12-6-17)29(27,28)25-19-9-7-18(8-10-19)21-13-14-22(24-23-21)26-15-3-2-4-16-26/h5-14,25H,2-4,15-16H2,1H3. The molecule has 1 aliphatic heterocycles. The molecular formula is C22H24N4O2S. The molecule has 3 aromatic rings. The highest BCUT2D eigenvalue weighted by molar-refractivity contribution is 7.92. The minimum Gasteiger partial charge on any atom is -0.355 e. The number of nitrogens with one attached hydrogen (secondary N) is 1. The normalized spacial score (nSPS) is 14.6. The lowest BCUT2D eigenvalue weighted by Crippen LogP contribution is -2.30. The van der Waals surface area contributed by atoms with E-state index in [1.807, 2.05) is 31.2 Å². The Morgan fingerprint density at radius 1 is 0.828 bits per heavy atom. The van der Waals surface area contributed by atoms with Crippen LogP contribution in [0.5, 0.6) is 0 Å². The molecule has 4 rings (SSSR count). The summed E-state index contributed by atoms with van der Waals surface area (Å²) in [6, 6.07) is 17.9. The number of anilines is 2. The van der Waals surface area contributed by atoms with E-state index in [0.717, 1.165) is 35.7 Å². The van der Waals surface area contributed by atoms with Crippen molar-refractivity contribution in [2.24, 2.45) is 0 Å². The Balaban J connectivity index is 1.47. The van der Waals surface area contributed by atoms with Crippen LogP contribution in [-0.2, 0) is 10.0 Å². The van der Waals surface area contributed by atoms with Crippen molar-refractivity contribution >= 4 is 21.5 Å². The highest BCUT2D eigenvalue weighted by Crippen LogP contribution is 2.23. The van der Waals surface area contributed by atoms with Crippen LogP contribution in [0.4, 0.5) is 11.5 Å². The minimum atomic E-state index is -3.61. The van der Waals surface area contributed by atoms with Crippen LogP contribution < -0.4 is 9.62 Å². The van der Waals surface area contributed by atoms with E-state index < -0.39 is 10.0 Å². The van der Waals surface area contributed by atoms with Crippen molar-refractivity contribution in [3.8, 4) is 11.3 Å². The fourth-order valence-electron chi connectivity index (χ4n) is 3.41. The van der Waals surface area contributed by atoms with Crippen molar-refractivity contribution < 1.29 is 8.42 Å². The van der Waals surface area contributed by atoms with Crippen LogP contribution in [0.25, 0.3) is 11.3 Å². The van der Waals surface area contributed by atoms with E-state index >= 15 is 0 Å². The van der Waals surface area contributed by atoms with Crippen LogP contribution in [0.3, 0.4) is 0 Å². The van der Waals surface area contributed by atoms with E-state index in [0.29, 0.717) is 5.69 Å². The van der Waals surface area contributed by atoms with Crippen molar-refractivity contribution in [2.75, 3.05) is 22.7 Å². The van der Waals surface area contributed by atoms with Gasteiger partial charge < -0.3 is 4.90 Å². The van der Waals surface area contributed by atoms with Crippen LogP contribution in [0.15, 0.2) is 65.6 Å². The highest BCUT2D eigenvalue weighted by Gasteiger charge is 2.15. The molecule has 0 aliphatic carbocycles. The lowest BCUT2D eigenvalue weighted by Gasteiger charge is -2.27. The van der Waals surface area contributed by atoms with Gasteiger partial charge in [-0.25, -0.2) is 8.42 Å². The molecule has 2 aromatic carbocycles. The largest absolute Gasteiger partial charge is 0.355 e. The summed E-state index contributed by atoms with van der Waals surface area (Å²) in [6.07, 6.45) is 3.68. The van der Waals surface area contributed by atoms with Gasteiger partial charge in [0.2, 0.25) is 0 Å². The number of hydrogen-bond donors (Lipinski definition) is 1. The van der Waals surface area contributed by atoms with Gasteiger partial charge in [-0.3, -0.25) is 4.72 Å². The van der Waals surface area contributed by atoms with Gasteiger partial charge in [-0.2, -0.15) is 0 Å². The zero-order valence-electron chi connectivity index (χ0n) is 16.4. The summed E-state index contributed by atoms with van der Waals surface area (Å²) in [5.74, 6) is 0.913. The second-order valence-corrected chi connectivity index (χ2v) is 9.00. The lowest BCUT2D eigenvalue weighted by atomic mass is 10.1. The van der Waals surface area contributed by atoms with Crippen LogP contribution in [-0.4, -0.2) is 31.7 Å². The molecule has 0 saturated carbocycles. The molecule has 6 nitrogen and oxygen atoms in total. The molecule has 1 N–H and O–H groups in total. The van der Waals surface area contributed by atoms with Crippen LogP contribution in [0.2, 0.25) is 0 Å². The van der Waals surface area contributed by atoms with E-state index in [9.17, 15) is 8.42 Å². The molecule has 0 bridgehead atoms. The van der Waals surface area contributed by atoms with Gasteiger partial charge in [0, 0.05) is 24.3 Å². The monoisotopic (exact) mass is 408 g/mol. The number of nitrogens with zero attached hydrogens (tertiary/aromatic N) is 3. The second kappa shape index (κ2) is 8.21. The first kappa shape index (κ1) is 19.4. The molecule has 150 valence electrons. The van der Waals surface area contributed by atoms with E-state index in [-0.39, 0.29) is 4.90 Å². The molecule has 7 heteroatoms. The van der Waals surface area contributed by atoms with Crippen molar-refractivity contribution in [1.29, 1.82) is 0 Å². The molecule has 1 saturated heterocycles. The molecule has 0 radical (unpaired) electrons. The van der Waals surface area contributed by atoms with Crippen LogP contribution in [0.1, 0.15) is 24.8 Å². The fraction of sp³-hybridized carbons (Fsp3) is 0.273. The van der Waals surface area contributed by atoms with Gasteiger partial charge in [0.1, 0.15) is 0 Å². The number of aryl methyl sites for hydroxylation is 1. The topological polar surface area (TPSA) is 75.2 Å². The number of hydrogen-bond acceptors (Lipinski definition) is 5. The van der Waals surface area contributed by atoms with Gasteiger partial charge >= 0.3 is 0 Å². The molecule has 0 amide bonds. The first-order valence-corrected chi connectivity index (χ1v) is 11.3. The Labute approximate surface area is 171 Å². The average molecular weight is 409 g/mol. The van der Waals surface area contributed by atoms with E-state index in [1.165, 1.54) is 19.3 Å². The van der Waals surface area contributed by atoms with Gasteiger partial charge in [0.15, 0.2) is 5.82 Å². The molecule has 0 spiro atoms. The number of piperidine rings is 1. The van der Waals surface area contributed by atoms with E-state index in [4.69, 9.17) is 0 Å². The summed E-state index contributed by atoms with van der Waals surface area (Å²) in [5, 5.41) is 8.73. The Bertz CT molecular complexity index is 1060. The van der Waals surface area contributed by atoms with Gasteiger partial charge in [-0.15, -0.1) is 10.2 Å². The molecule has 0 unspecified atom stereocenters. The molecule has 1 aliphatic rings. The van der Waals surface area contributed by atoms with Crippen molar-refractivity contribution in [3.63, 3.8) is 0 Å². The molecular weight excluding hydrogens is 384 g/mol. The van der Waals surface area contributed by atoms with Gasteiger partial charge in [-0.1, -0.05) is 29.8 Å². The molecule has 2 heterocycles. The maximum Gasteiger partial charge on any atom is 0.261 e. The number of benzene rings is 2. The van der Waals surface area contributed by atoms with E-state index in [2.05, 4.69) is 19.8 Å². The summed E-state index contributed by atoms with van der Waals surface area (Å²) < 4.78 is 27.6. The van der Waals surface area contributed by atoms with Crippen molar-refractivity contribution in [1.82, 2.24) is 10.2 Å². The molecule has 0 atom stereocenters. The third kappa shape index (κ3) is 4.56. The Hall–Kier alpha value is -2.93. The third-order valence-electron chi connectivity index (χ3n) is 5.09. The minimum absolute atomic E-state index is 0.242. The zero-order valence-corrected chi connectivity index (χ0v) is 17.2. The number of aromatic nitrogens is 2. The summed E-state index contributed by atoms with van der Waals surface area (Å²) in [7, 11) is -3.61. The summed E-state index contributed by atoms with van der Waals surface area (Å²) in [6.45, 7) is 3.98. The third-order valence-corrected chi connectivity index (χ3v) is 6.49. The van der Waals surface area contributed by atoms with Crippen molar-refractivity contribution in [2.45, 2.75) is 31.1 Å². The quantitative estimate of drug-likeness (QED) is 0.683. The number of rotatable bonds is 5. The maximum absolute atomic E-state index is 12.5. The Kier molecular flexibility index (Phi) is 5.49. The van der Waals surface area contributed by atoms with Crippen LogP contribution >= 0.6 is 0 Å². The van der Waals surface area contributed by atoms with Crippen molar-refractivity contribution in [3.05, 3.63) is 66.2 Å². The highest BCUT2D eigenvalue weighted by atomic mass is 32.2. The smallest absolute Gasteiger partial charge is 0.261 e. The fourth-order valence-corrected chi connectivity index (χ4v) is 4.47. The van der Waals surface area contributed by atoms with E-state index in [1.54, 1.807) is 36.4 Å². The summed E-state index contributed by atoms with van der Waals surface area (Å²) in [4.78, 5) is 2.51.